The summed E-state index contributed by atoms with van der Waals surface area (Å²) in [5, 5.41) is 7.79. The average Bonchev–Trinajstić information content (AvgIpc) is 2.34. The fourth-order valence-corrected chi connectivity index (χ4v) is 1.07. The second-order valence-corrected chi connectivity index (χ2v) is 2.80. The smallest absolute Gasteiger partial charge is 0.0945 e. The van der Waals surface area contributed by atoms with Crippen molar-refractivity contribution in [2.75, 3.05) is 0 Å². The molecule has 0 N–H and O–H groups in total. The zero-order valence-electron chi connectivity index (χ0n) is 9.31. The van der Waals surface area contributed by atoms with Crippen LogP contribution >= 0.6 is 0 Å². The number of nitrogens with zero attached hydrogens (tertiary/aromatic N) is 3. The van der Waals surface area contributed by atoms with Gasteiger partial charge in [-0.05, 0) is 31.2 Å². The van der Waals surface area contributed by atoms with Crippen molar-refractivity contribution >= 4 is 0 Å². The molecule has 2 heterocycles. The second-order valence-electron chi connectivity index (χ2n) is 2.80. The summed E-state index contributed by atoms with van der Waals surface area (Å²) in [5.74, 6) is 0. The third-order valence-corrected chi connectivity index (χ3v) is 1.78. The lowest BCUT2D eigenvalue weighted by Gasteiger charge is -1.98. The van der Waals surface area contributed by atoms with Crippen molar-refractivity contribution in [1.29, 1.82) is 0 Å². The number of hydrogen-bond acceptors (Lipinski definition) is 3. The van der Waals surface area contributed by atoms with Crippen LogP contribution in [0.15, 0.2) is 36.7 Å². The Morgan fingerprint density at radius 3 is 2.40 bits per heavy atom. The molecule has 0 aromatic carbocycles. The molecule has 0 fully saturated rings. The number of aryl methyl sites for hydroxylation is 1. The summed E-state index contributed by atoms with van der Waals surface area (Å²) in [5.41, 5.74) is 2.86. The predicted octanol–water partition coefficient (Wildman–Crippen LogP) is 2.87. The molecule has 0 aliphatic heterocycles. The van der Waals surface area contributed by atoms with Gasteiger partial charge in [0.2, 0.25) is 0 Å². The zero-order chi connectivity index (χ0) is 11.1. The van der Waals surface area contributed by atoms with Crippen LogP contribution in [0.2, 0.25) is 0 Å². The molecule has 0 spiro atoms. The van der Waals surface area contributed by atoms with Gasteiger partial charge in [-0.2, -0.15) is 10.2 Å². The van der Waals surface area contributed by atoms with Crippen LogP contribution in [0.1, 0.15) is 19.5 Å². The van der Waals surface area contributed by atoms with Gasteiger partial charge < -0.3 is 0 Å². The van der Waals surface area contributed by atoms with Crippen molar-refractivity contribution in [1.82, 2.24) is 15.2 Å². The Kier molecular flexibility index (Phi) is 4.41. The topological polar surface area (TPSA) is 38.7 Å². The van der Waals surface area contributed by atoms with Crippen molar-refractivity contribution < 1.29 is 0 Å². The quantitative estimate of drug-likeness (QED) is 0.712. The highest BCUT2D eigenvalue weighted by molar-refractivity contribution is 5.56. The van der Waals surface area contributed by atoms with Crippen molar-refractivity contribution in [3.8, 4) is 11.3 Å². The van der Waals surface area contributed by atoms with Crippen LogP contribution in [-0.2, 0) is 0 Å². The molecule has 0 radical (unpaired) electrons. The van der Waals surface area contributed by atoms with Crippen molar-refractivity contribution in [3.63, 3.8) is 0 Å². The van der Waals surface area contributed by atoms with E-state index in [2.05, 4.69) is 15.2 Å². The fourth-order valence-electron chi connectivity index (χ4n) is 1.07. The molecule has 0 saturated carbocycles. The Balaban J connectivity index is 0.000000531. The molecular formula is C12H15N3. The summed E-state index contributed by atoms with van der Waals surface area (Å²) < 4.78 is 0. The molecule has 0 aliphatic carbocycles. The molecule has 2 aromatic heterocycles. The number of aromatic nitrogens is 3. The van der Waals surface area contributed by atoms with E-state index in [-0.39, 0.29) is 0 Å². The maximum absolute atomic E-state index is 4.19. The summed E-state index contributed by atoms with van der Waals surface area (Å²) in [6, 6.07) is 7.73. The molecule has 0 amide bonds. The van der Waals surface area contributed by atoms with Gasteiger partial charge in [-0.15, -0.1) is 0 Å². The number of hydrogen-bond donors (Lipinski definition) is 0. The summed E-state index contributed by atoms with van der Waals surface area (Å²) in [6.07, 6.45) is 3.46. The van der Waals surface area contributed by atoms with Gasteiger partial charge in [0.15, 0.2) is 0 Å². The van der Waals surface area contributed by atoms with Crippen molar-refractivity contribution in [3.05, 3.63) is 42.4 Å². The van der Waals surface area contributed by atoms with Crippen LogP contribution in [-0.4, -0.2) is 15.2 Å². The Morgan fingerprint density at radius 1 is 1.07 bits per heavy atom. The first-order chi connectivity index (χ1) is 7.36. The van der Waals surface area contributed by atoms with Crippen LogP contribution in [0.4, 0.5) is 0 Å². The molecule has 0 aliphatic rings. The van der Waals surface area contributed by atoms with Gasteiger partial charge in [0.05, 0.1) is 5.69 Å². The molecule has 15 heavy (non-hydrogen) atoms. The Bertz CT molecular complexity index is 381. The van der Waals surface area contributed by atoms with Gasteiger partial charge in [0.1, 0.15) is 0 Å². The Hall–Kier alpha value is -1.77. The lowest BCUT2D eigenvalue weighted by Crippen LogP contribution is -1.87. The van der Waals surface area contributed by atoms with E-state index in [4.69, 9.17) is 0 Å². The van der Waals surface area contributed by atoms with E-state index in [1.54, 1.807) is 12.4 Å². The summed E-state index contributed by atoms with van der Waals surface area (Å²) in [4.78, 5) is 4.19. The lowest BCUT2D eigenvalue weighted by molar-refractivity contribution is 1.03. The van der Waals surface area contributed by atoms with Gasteiger partial charge in [-0.1, -0.05) is 13.8 Å². The molecule has 3 heteroatoms. The van der Waals surface area contributed by atoms with Crippen molar-refractivity contribution in [2.24, 2.45) is 0 Å². The molecule has 0 atom stereocenters. The van der Waals surface area contributed by atoms with E-state index >= 15 is 0 Å². The summed E-state index contributed by atoms with van der Waals surface area (Å²) in [7, 11) is 0. The van der Waals surface area contributed by atoms with E-state index in [9.17, 15) is 0 Å². The van der Waals surface area contributed by atoms with Crippen LogP contribution in [0.3, 0.4) is 0 Å². The van der Waals surface area contributed by atoms with Crippen molar-refractivity contribution in [2.45, 2.75) is 20.8 Å². The zero-order valence-corrected chi connectivity index (χ0v) is 9.31. The van der Waals surface area contributed by atoms with Crippen LogP contribution in [0.5, 0.6) is 0 Å². The molecule has 0 bridgehead atoms. The normalized spacial score (nSPS) is 9.00. The maximum Gasteiger partial charge on any atom is 0.0945 e. The molecule has 3 nitrogen and oxygen atoms in total. The maximum atomic E-state index is 4.19. The minimum atomic E-state index is 0.856. The first-order valence-electron chi connectivity index (χ1n) is 5.07. The largest absolute Gasteiger partial charge is 0.261 e. The standard InChI is InChI=1S/C10H9N3.C2H6/c1-8-4-5-9(7-11-8)10-3-2-6-12-13-10;1-2/h2-7H,1H3;1-2H3. The molecule has 0 saturated heterocycles. The van der Waals surface area contributed by atoms with Gasteiger partial charge in [0, 0.05) is 23.7 Å². The molecule has 2 aromatic rings. The van der Waals surface area contributed by atoms with Crippen LogP contribution < -0.4 is 0 Å². The van der Waals surface area contributed by atoms with E-state index in [0.29, 0.717) is 0 Å². The predicted molar refractivity (Wildman–Crippen MR) is 61.3 cm³/mol. The van der Waals surface area contributed by atoms with Gasteiger partial charge >= 0.3 is 0 Å². The third-order valence-electron chi connectivity index (χ3n) is 1.78. The highest BCUT2D eigenvalue weighted by Crippen LogP contribution is 2.13. The Morgan fingerprint density at radius 2 is 1.87 bits per heavy atom. The number of rotatable bonds is 1. The lowest BCUT2D eigenvalue weighted by atomic mass is 10.2. The highest BCUT2D eigenvalue weighted by atomic mass is 15.1. The third kappa shape index (κ3) is 3.13. The Labute approximate surface area is 90.2 Å². The molecule has 78 valence electrons. The first-order valence-corrected chi connectivity index (χ1v) is 5.07. The highest BCUT2D eigenvalue weighted by Gasteiger charge is 1.97. The second kappa shape index (κ2) is 5.86. The minimum Gasteiger partial charge on any atom is -0.261 e. The average molecular weight is 201 g/mol. The van der Waals surface area contributed by atoms with Gasteiger partial charge in [0.25, 0.3) is 0 Å². The van der Waals surface area contributed by atoms with E-state index in [1.807, 2.05) is 45.0 Å². The van der Waals surface area contributed by atoms with Gasteiger partial charge in [-0.3, -0.25) is 4.98 Å². The first kappa shape index (κ1) is 11.3. The molecular weight excluding hydrogens is 186 g/mol. The minimum absolute atomic E-state index is 0.856. The van der Waals surface area contributed by atoms with E-state index < -0.39 is 0 Å². The fraction of sp³-hybridized carbons (Fsp3) is 0.250. The van der Waals surface area contributed by atoms with Crippen LogP contribution in [0.25, 0.3) is 11.3 Å². The van der Waals surface area contributed by atoms with E-state index in [1.165, 1.54) is 0 Å². The number of pyridine rings is 1. The summed E-state index contributed by atoms with van der Waals surface area (Å²) >= 11 is 0. The molecule has 2 rings (SSSR count). The summed E-state index contributed by atoms with van der Waals surface area (Å²) in [6.45, 7) is 5.96. The van der Waals surface area contributed by atoms with E-state index in [0.717, 1.165) is 17.0 Å². The SMILES string of the molecule is CC.Cc1ccc(-c2cccnn2)cn1. The molecule has 0 unspecified atom stereocenters. The van der Waals surface area contributed by atoms with Gasteiger partial charge in [-0.25, -0.2) is 0 Å². The van der Waals surface area contributed by atoms with Crippen LogP contribution in [0, 0.1) is 6.92 Å². The monoisotopic (exact) mass is 201 g/mol.